The minimum atomic E-state index is -0.484. The van der Waals surface area contributed by atoms with Crippen molar-refractivity contribution < 1.29 is 19.1 Å². The monoisotopic (exact) mass is 501 g/mol. The van der Waals surface area contributed by atoms with Crippen LogP contribution < -0.4 is 20.9 Å². The van der Waals surface area contributed by atoms with Gasteiger partial charge in [-0.25, -0.2) is 0 Å². The normalized spacial score (nSPS) is 13.8. The molecule has 2 aromatic rings. The van der Waals surface area contributed by atoms with Crippen molar-refractivity contribution in [3.8, 4) is 5.75 Å². The molecule has 7 nitrogen and oxygen atoms in total. The van der Waals surface area contributed by atoms with Gasteiger partial charge in [-0.1, -0.05) is 42.1 Å². The number of benzene rings is 2. The van der Waals surface area contributed by atoms with E-state index in [1.54, 1.807) is 42.5 Å². The van der Waals surface area contributed by atoms with Crippen molar-refractivity contribution in [2.45, 2.75) is 45.4 Å². The average Bonchev–Trinajstić information content (AvgIpc) is 2.82. The van der Waals surface area contributed by atoms with Gasteiger partial charge in [-0.3, -0.25) is 25.2 Å². The molecule has 0 atom stereocenters. The van der Waals surface area contributed by atoms with Gasteiger partial charge in [0, 0.05) is 21.6 Å². The summed E-state index contributed by atoms with van der Waals surface area (Å²) in [7, 11) is 0. The number of hydrogen-bond acceptors (Lipinski definition) is 4. The summed E-state index contributed by atoms with van der Waals surface area (Å²) >= 11 is 3.35. The van der Waals surface area contributed by atoms with Crippen molar-refractivity contribution in [3.05, 3.63) is 58.1 Å². The smallest absolute Gasteiger partial charge is 0.273 e. The number of carbonyl (C=O) groups is 3. The van der Waals surface area contributed by atoms with Crippen LogP contribution in [0.1, 0.15) is 66.2 Å². The molecule has 1 aliphatic rings. The molecule has 0 unspecified atom stereocenters. The van der Waals surface area contributed by atoms with E-state index in [9.17, 15) is 14.4 Å². The Morgan fingerprint density at radius 1 is 0.969 bits per heavy atom. The van der Waals surface area contributed by atoms with Gasteiger partial charge in [0.15, 0.2) is 0 Å². The maximum atomic E-state index is 12.6. The molecule has 0 saturated heterocycles. The first-order chi connectivity index (χ1) is 15.5. The quantitative estimate of drug-likeness (QED) is 0.473. The van der Waals surface area contributed by atoms with Crippen LogP contribution in [0.5, 0.6) is 5.75 Å². The average molecular weight is 502 g/mol. The topological polar surface area (TPSA) is 96.5 Å². The van der Waals surface area contributed by atoms with Gasteiger partial charge in [-0.15, -0.1) is 0 Å². The molecule has 0 aliphatic heterocycles. The minimum Gasteiger partial charge on any atom is -0.493 e. The number of hydrogen-bond donors (Lipinski definition) is 3. The van der Waals surface area contributed by atoms with E-state index >= 15 is 0 Å². The predicted octanol–water partition coefficient (Wildman–Crippen LogP) is 4.83. The molecule has 32 heavy (non-hydrogen) atoms. The lowest BCUT2D eigenvalue weighted by molar-refractivity contribution is -0.120. The highest BCUT2D eigenvalue weighted by Gasteiger charge is 2.21. The third-order valence-electron chi connectivity index (χ3n) is 5.33. The van der Waals surface area contributed by atoms with Gasteiger partial charge in [0.25, 0.3) is 11.8 Å². The molecule has 0 spiro atoms. The molecule has 3 rings (SSSR count). The molecule has 3 N–H and O–H groups in total. The summed E-state index contributed by atoms with van der Waals surface area (Å²) in [6.07, 6.45) is 6.04. The van der Waals surface area contributed by atoms with Gasteiger partial charge in [0.2, 0.25) is 5.91 Å². The maximum Gasteiger partial charge on any atom is 0.273 e. The van der Waals surface area contributed by atoms with E-state index in [0.29, 0.717) is 29.2 Å². The summed E-state index contributed by atoms with van der Waals surface area (Å²) in [5.74, 6) is -0.410. The predicted molar refractivity (Wildman–Crippen MR) is 127 cm³/mol. The van der Waals surface area contributed by atoms with Gasteiger partial charge in [-0.05, 0) is 61.7 Å². The van der Waals surface area contributed by atoms with Crippen LogP contribution in [0.25, 0.3) is 0 Å². The molecule has 8 heteroatoms. The van der Waals surface area contributed by atoms with Crippen LogP contribution >= 0.6 is 15.9 Å². The van der Waals surface area contributed by atoms with E-state index in [1.807, 2.05) is 6.92 Å². The number of anilines is 1. The number of nitrogens with one attached hydrogen (secondary N) is 3. The molecule has 1 aliphatic carbocycles. The van der Waals surface area contributed by atoms with Crippen LogP contribution in [-0.2, 0) is 4.79 Å². The molecule has 0 aromatic heterocycles. The Labute approximate surface area is 196 Å². The number of rotatable bonds is 7. The van der Waals surface area contributed by atoms with E-state index in [2.05, 4.69) is 32.1 Å². The first kappa shape index (κ1) is 23.8. The number of carbonyl (C=O) groups excluding carboxylic acids is 3. The Morgan fingerprint density at radius 3 is 2.34 bits per heavy atom. The largest absolute Gasteiger partial charge is 0.493 e. The van der Waals surface area contributed by atoms with Gasteiger partial charge in [0.05, 0.1) is 12.2 Å². The number of hydrazine groups is 1. The van der Waals surface area contributed by atoms with Gasteiger partial charge < -0.3 is 10.1 Å². The number of ether oxygens (including phenoxy) is 1. The first-order valence-corrected chi connectivity index (χ1v) is 11.7. The number of amides is 3. The van der Waals surface area contributed by atoms with Crippen molar-refractivity contribution in [2.75, 3.05) is 11.9 Å². The van der Waals surface area contributed by atoms with Crippen LogP contribution in [0.4, 0.5) is 5.69 Å². The zero-order chi connectivity index (χ0) is 22.9. The van der Waals surface area contributed by atoms with Crippen LogP contribution in [0.2, 0.25) is 0 Å². The van der Waals surface area contributed by atoms with Gasteiger partial charge in [0.1, 0.15) is 5.75 Å². The minimum absolute atomic E-state index is 0.0317. The molecule has 170 valence electrons. The molecule has 1 fully saturated rings. The molecule has 3 amide bonds. The number of halogens is 1. The molecule has 1 saturated carbocycles. The van der Waals surface area contributed by atoms with E-state index in [4.69, 9.17) is 4.74 Å². The summed E-state index contributed by atoms with van der Waals surface area (Å²) in [6, 6.07) is 11.7. The molecular formula is C24H28BrN3O4. The lowest BCUT2D eigenvalue weighted by Gasteiger charge is -2.20. The van der Waals surface area contributed by atoms with Crippen LogP contribution in [-0.4, -0.2) is 24.3 Å². The van der Waals surface area contributed by atoms with Crippen molar-refractivity contribution in [2.24, 2.45) is 5.92 Å². The Morgan fingerprint density at radius 2 is 1.66 bits per heavy atom. The highest BCUT2D eigenvalue weighted by molar-refractivity contribution is 9.10. The standard InChI is InChI=1S/C24H28BrN3O4/c1-2-14-32-21-13-10-18(25)15-20(21)24(31)28-27-23(30)17-8-11-19(12-9-17)26-22(29)16-6-4-3-5-7-16/h8-13,15-16H,2-7,14H2,1H3,(H,26,29)(H,27,30)(H,28,31). The third-order valence-corrected chi connectivity index (χ3v) is 5.82. The zero-order valence-corrected chi connectivity index (χ0v) is 19.7. The molecule has 0 bridgehead atoms. The van der Waals surface area contributed by atoms with Gasteiger partial charge in [-0.2, -0.15) is 0 Å². The van der Waals surface area contributed by atoms with Gasteiger partial charge >= 0.3 is 0 Å². The maximum absolute atomic E-state index is 12.6. The molecule has 0 heterocycles. The van der Waals surface area contributed by atoms with Crippen molar-refractivity contribution in [1.29, 1.82) is 0 Å². The lowest BCUT2D eigenvalue weighted by Crippen LogP contribution is -2.41. The highest BCUT2D eigenvalue weighted by Crippen LogP contribution is 2.25. The van der Waals surface area contributed by atoms with Crippen molar-refractivity contribution >= 4 is 39.3 Å². The van der Waals surface area contributed by atoms with Crippen molar-refractivity contribution in [1.82, 2.24) is 10.9 Å². The fourth-order valence-electron chi connectivity index (χ4n) is 3.58. The molecule has 2 aromatic carbocycles. The van der Waals surface area contributed by atoms with Crippen LogP contribution in [0.15, 0.2) is 46.9 Å². The summed E-state index contributed by atoms with van der Waals surface area (Å²) in [5.41, 5.74) is 6.16. The Hall–Kier alpha value is -2.87. The van der Waals surface area contributed by atoms with Crippen LogP contribution in [0, 0.1) is 5.92 Å². The summed E-state index contributed by atoms with van der Waals surface area (Å²) in [5, 5.41) is 2.92. The summed E-state index contributed by atoms with van der Waals surface area (Å²) in [6.45, 7) is 2.46. The van der Waals surface area contributed by atoms with E-state index in [1.165, 1.54) is 6.42 Å². The summed E-state index contributed by atoms with van der Waals surface area (Å²) < 4.78 is 6.34. The second-order valence-electron chi connectivity index (χ2n) is 7.80. The lowest BCUT2D eigenvalue weighted by atomic mass is 9.88. The van der Waals surface area contributed by atoms with E-state index in [0.717, 1.165) is 36.6 Å². The van der Waals surface area contributed by atoms with E-state index < -0.39 is 11.8 Å². The third kappa shape index (κ3) is 6.56. The first-order valence-electron chi connectivity index (χ1n) is 10.9. The summed E-state index contributed by atoms with van der Waals surface area (Å²) in [4.78, 5) is 37.4. The van der Waals surface area contributed by atoms with Crippen LogP contribution in [0.3, 0.4) is 0 Å². The second kappa shape index (κ2) is 11.7. The highest BCUT2D eigenvalue weighted by atomic mass is 79.9. The van der Waals surface area contributed by atoms with E-state index in [-0.39, 0.29) is 11.8 Å². The molecular weight excluding hydrogens is 474 g/mol. The fraction of sp³-hybridized carbons (Fsp3) is 0.375. The SMILES string of the molecule is CCCOc1ccc(Br)cc1C(=O)NNC(=O)c1ccc(NC(=O)C2CCCCC2)cc1. The zero-order valence-electron chi connectivity index (χ0n) is 18.1. The Balaban J connectivity index is 1.55. The Kier molecular flexibility index (Phi) is 8.67. The fourth-order valence-corrected chi connectivity index (χ4v) is 3.95. The second-order valence-corrected chi connectivity index (χ2v) is 8.71. The molecule has 0 radical (unpaired) electrons. The Bertz CT molecular complexity index is 956. The van der Waals surface area contributed by atoms with Crippen molar-refractivity contribution in [3.63, 3.8) is 0 Å².